The highest BCUT2D eigenvalue weighted by Gasteiger charge is 1.98. The molecule has 1 aromatic heterocycles. The number of nitrogens with zero attached hydrogens (tertiary/aromatic N) is 2. The Balaban J connectivity index is 0.000000371. The van der Waals surface area contributed by atoms with E-state index in [0.717, 1.165) is 5.69 Å². The van der Waals surface area contributed by atoms with Crippen molar-refractivity contribution in [3.63, 3.8) is 0 Å². The van der Waals surface area contributed by atoms with Crippen molar-refractivity contribution in [2.45, 2.75) is 33.6 Å². The summed E-state index contributed by atoms with van der Waals surface area (Å²) in [5.74, 6) is 0.522. The topological polar surface area (TPSA) is 25.8 Å². The maximum atomic E-state index is 3.88. The van der Waals surface area contributed by atoms with Crippen LogP contribution in [0.3, 0.4) is 0 Å². The summed E-state index contributed by atoms with van der Waals surface area (Å²) in [6, 6.07) is 0. The standard InChI is InChI=1S/C5H8N2S.C2H6/c1-4(2)5-3-8-7-6-5;1-2/h3-4H,1-2H3;1-2H3. The third-order valence-electron chi connectivity index (χ3n) is 0.968. The average Bonchev–Trinajstić information content (AvgIpc) is 2.42. The Bertz CT molecular complexity index is 147. The second-order valence-electron chi connectivity index (χ2n) is 1.98. The van der Waals surface area contributed by atoms with Gasteiger partial charge in [-0.05, 0) is 17.5 Å². The van der Waals surface area contributed by atoms with Crippen molar-refractivity contribution >= 4 is 11.5 Å². The number of aromatic nitrogens is 2. The Hall–Kier alpha value is -0.440. The molecule has 0 saturated carbocycles. The molecule has 0 atom stereocenters. The Labute approximate surface area is 66.5 Å². The molecule has 10 heavy (non-hydrogen) atoms. The van der Waals surface area contributed by atoms with E-state index in [1.165, 1.54) is 11.5 Å². The highest BCUT2D eigenvalue weighted by Crippen LogP contribution is 2.10. The number of hydrogen-bond acceptors (Lipinski definition) is 3. The zero-order valence-electron chi connectivity index (χ0n) is 6.96. The van der Waals surface area contributed by atoms with Gasteiger partial charge in [0.05, 0.1) is 5.69 Å². The first-order valence-electron chi connectivity index (χ1n) is 3.57. The van der Waals surface area contributed by atoms with Gasteiger partial charge in [-0.3, -0.25) is 0 Å². The lowest BCUT2D eigenvalue weighted by molar-refractivity contribution is 0.812. The Morgan fingerprint density at radius 1 is 1.40 bits per heavy atom. The van der Waals surface area contributed by atoms with Crippen LogP contribution in [0.2, 0.25) is 0 Å². The van der Waals surface area contributed by atoms with Crippen molar-refractivity contribution in [3.8, 4) is 0 Å². The normalized spacial score (nSPS) is 8.90. The lowest BCUT2D eigenvalue weighted by Crippen LogP contribution is -1.85. The molecule has 58 valence electrons. The van der Waals surface area contributed by atoms with Gasteiger partial charge in [0.1, 0.15) is 0 Å². The Kier molecular flexibility index (Phi) is 5.12. The summed E-state index contributed by atoms with van der Waals surface area (Å²) in [7, 11) is 0. The van der Waals surface area contributed by atoms with Gasteiger partial charge in [-0.25, -0.2) is 0 Å². The minimum atomic E-state index is 0.522. The minimum absolute atomic E-state index is 0.522. The smallest absolute Gasteiger partial charge is 0.0780 e. The van der Waals surface area contributed by atoms with Crippen LogP contribution in [0.25, 0.3) is 0 Å². The molecule has 1 rings (SSSR count). The van der Waals surface area contributed by atoms with Gasteiger partial charge in [0, 0.05) is 5.38 Å². The molecule has 0 spiro atoms. The first-order chi connectivity index (χ1) is 4.80. The van der Waals surface area contributed by atoms with E-state index in [9.17, 15) is 0 Å². The van der Waals surface area contributed by atoms with E-state index in [1.54, 1.807) is 0 Å². The van der Waals surface area contributed by atoms with Gasteiger partial charge in [-0.1, -0.05) is 32.2 Å². The van der Waals surface area contributed by atoms with Crippen LogP contribution in [0.5, 0.6) is 0 Å². The summed E-state index contributed by atoms with van der Waals surface area (Å²) in [6.07, 6.45) is 0. The van der Waals surface area contributed by atoms with Crippen LogP contribution >= 0.6 is 11.5 Å². The number of hydrogen-bond donors (Lipinski definition) is 0. The van der Waals surface area contributed by atoms with E-state index < -0.39 is 0 Å². The first-order valence-corrected chi connectivity index (χ1v) is 4.41. The van der Waals surface area contributed by atoms with Gasteiger partial charge in [0.15, 0.2) is 0 Å². The zero-order chi connectivity index (χ0) is 7.98. The predicted molar refractivity (Wildman–Crippen MR) is 45.3 cm³/mol. The average molecular weight is 158 g/mol. The minimum Gasteiger partial charge on any atom is -0.143 e. The van der Waals surface area contributed by atoms with Crippen LogP contribution in [-0.4, -0.2) is 9.59 Å². The lowest BCUT2D eigenvalue weighted by Gasteiger charge is -1.92. The van der Waals surface area contributed by atoms with Crippen molar-refractivity contribution in [1.82, 2.24) is 9.59 Å². The monoisotopic (exact) mass is 158 g/mol. The fraction of sp³-hybridized carbons (Fsp3) is 0.714. The molecule has 3 heteroatoms. The molecule has 0 N–H and O–H groups in total. The van der Waals surface area contributed by atoms with E-state index in [-0.39, 0.29) is 0 Å². The third kappa shape index (κ3) is 2.92. The maximum absolute atomic E-state index is 3.88. The zero-order valence-corrected chi connectivity index (χ0v) is 7.77. The fourth-order valence-corrected chi connectivity index (χ4v) is 1.04. The second kappa shape index (κ2) is 5.35. The van der Waals surface area contributed by atoms with E-state index >= 15 is 0 Å². The summed E-state index contributed by atoms with van der Waals surface area (Å²) in [5, 5.41) is 5.86. The van der Waals surface area contributed by atoms with Crippen molar-refractivity contribution in [1.29, 1.82) is 0 Å². The molecule has 0 aliphatic heterocycles. The third-order valence-corrected chi connectivity index (χ3v) is 1.49. The maximum Gasteiger partial charge on any atom is 0.0780 e. The van der Waals surface area contributed by atoms with E-state index in [4.69, 9.17) is 0 Å². The Morgan fingerprint density at radius 3 is 2.20 bits per heavy atom. The lowest BCUT2D eigenvalue weighted by atomic mass is 10.2. The van der Waals surface area contributed by atoms with Crippen LogP contribution < -0.4 is 0 Å². The summed E-state index contributed by atoms with van der Waals surface area (Å²) in [5.41, 5.74) is 1.09. The molecular weight excluding hydrogens is 144 g/mol. The number of rotatable bonds is 1. The van der Waals surface area contributed by atoms with Crippen LogP contribution in [0.1, 0.15) is 39.3 Å². The van der Waals surface area contributed by atoms with Crippen LogP contribution in [0.15, 0.2) is 5.38 Å². The molecule has 0 aliphatic carbocycles. The molecular formula is C7H14N2S. The molecule has 0 aromatic carbocycles. The molecule has 2 nitrogen and oxygen atoms in total. The molecule has 0 aliphatic rings. The Morgan fingerprint density at radius 2 is 2.00 bits per heavy atom. The van der Waals surface area contributed by atoms with Gasteiger partial charge in [0.25, 0.3) is 0 Å². The SMILES string of the molecule is CC.CC(C)c1csnn1. The summed E-state index contributed by atoms with van der Waals surface area (Å²) >= 11 is 1.41. The van der Waals surface area contributed by atoms with E-state index in [2.05, 4.69) is 23.4 Å². The molecule has 1 heterocycles. The highest BCUT2D eigenvalue weighted by atomic mass is 32.1. The molecule has 0 amide bonds. The van der Waals surface area contributed by atoms with Crippen molar-refractivity contribution in [2.24, 2.45) is 0 Å². The molecule has 0 unspecified atom stereocenters. The van der Waals surface area contributed by atoms with Crippen molar-refractivity contribution in [3.05, 3.63) is 11.1 Å². The molecule has 0 fully saturated rings. The summed E-state index contributed by atoms with van der Waals surface area (Å²) in [4.78, 5) is 0. The van der Waals surface area contributed by atoms with E-state index in [0.29, 0.717) is 5.92 Å². The highest BCUT2D eigenvalue weighted by molar-refractivity contribution is 7.03. The van der Waals surface area contributed by atoms with Gasteiger partial charge in [0.2, 0.25) is 0 Å². The quantitative estimate of drug-likeness (QED) is 0.628. The van der Waals surface area contributed by atoms with E-state index in [1.807, 2.05) is 19.2 Å². The summed E-state index contributed by atoms with van der Waals surface area (Å²) in [6.45, 7) is 8.22. The molecule has 1 aromatic rings. The van der Waals surface area contributed by atoms with Crippen molar-refractivity contribution in [2.75, 3.05) is 0 Å². The molecule has 0 radical (unpaired) electrons. The predicted octanol–water partition coefficient (Wildman–Crippen LogP) is 2.69. The molecule has 0 bridgehead atoms. The van der Waals surface area contributed by atoms with Gasteiger partial charge < -0.3 is 0 Å². The fourth-order valence-electron chi connectivity index (χ4n) is 0.423. The van der Waals surface area contributed by atoms with Gasteiger partial charge in [-0.2, -0.15) is 0 Å². The summed E-state index contributed by atoms with van der Waals surface area (Å²) < 4.78 is 3.74. The van der Waals surface area contributed by atoms with Crippen LogP contribution in [0, 0.1) is 0 Å². The largest absolute Gasteiger partial charge is 0.143 e. The van der Waals surface area contributed by atoms with Crippen LogP contribution in [0.4, 0.5) is 0 Å². The van der Waals surface area contributed by atoms with Crippen LogP contribution in [-0.2, 0) is 0 Å². The van der Waals surface area contributed by atoms with Gasteiger partial charge >= 0.3 is 0 Å². The van der Waals surface area contributed by atoms with Gasteiger partial charge in [-0.15, -0.1) is 5.10 Å². The first kappa shape index (κ1) is 9.56. The molecule has 0 saturated heterocycles. The second-order valence-corrected chi connectivity index (χ2v) is 2.59. The van der Waals surface area contributed by atoms with Crippen molar-refractivity contribution < 1.29 is 0 Å².